The van der Waals surface area contributed by atoms with E-state index in [1.165, 1.54) is 0 Å². The summed E-state index contributed by atoms with van der Waals surface area (Å²) in [4.78, 5) is 13.6. The van der Waals surface area contributed by atoms with Gasteiger partial charge in [-0.2, -0.15) is 0 Å². The van der Waals surface area contributed by atoms with E-state index >= 15 is 0 Å². The molecule has 1 aromatic carbocycles. The van der Waals surface area contributed by atoms with Crippen LogP contribution < -0.4 is 5.32 Å². The Morgan fingerprint density at radius 1 is 1.23 bits per heavy atom. The van der Waals surface area contributed by atoms with Crippen molar-refractivity contribution in [1.82, 2.24) is 15.0 Å². The molecule has 0 saturated heterocycles. The number of aromatic nitrogens is 3. The molecule has 2 heterocycles. The van der Waals surface area contributed by atoms with Crippen LogP contribution in [0.15, 0.2) is 30.5 Å². The lowest BCUT2D eigenvalue weighted by molar-refractivity contribution is 0.181. The van der Waals surface area contributed by atoms with Gasteiger partial charge >= 0.3 is 0 Å². The van der Waals surface area contributed by atoms with Gasteiger partial charge in [0.05, 0.1) is 11.6 Å². The number of nitrogens with zero attached hydrogens (tertiary/aromatic N) is 3. The fourth-order valence-corrected chi connectivity index (χ4v) is 3.05. The number of aryl methyl sites for hydroxylation is 2. The Morgan fingerprint density at radius 3 is 2.81 bits per heavy atom. The van der Waals surface area contributed by atoms with Crippen LogP contribution in [0.4, 0.5) is 11.5 Å². The van der Waals surface area contributed by atoms with Crippen molar-refractivity contribution in [2.45, 2.75) is 46.1 Å². The molecule has 0 spiro atoms. The van der Waals surface area contributed by atoms with Gasteiger partial charge in [-0.05, 0) is 69.4 Å². The van der Waals surface area contributed by atoms with Gasteiger partial charge in [0.25, 0.3) is 0 Å². The molecule has 0 aliphatic carbocycles. The molecular weight excluding hydrogens is 348 g/mol. The molecule has 5 nitrogen and oxygen atoms in total. The van der Waals surface area contributed by atoms with Crippen LogP contribution in [0.25, 0.3) is 11.0 Å². The quantitative estimate of drug-likeness (QED) is 0.655. The minimum atomic E-state index is -0.273. The van der Waals surface area contributed by atoms with E-state index in [0.717, 1.165) is 47.1 Å². The molecule has 6 heteroatoms. The molecule has 0 amide bonds. The summed E-state index contributed by atoms with van der Waals surface area (Å²) in [6.45, 7) is 5.65. The molecule has 0 fully saturated rings. The highest BCUT2D eigenvalue weighted by molar-refractivity contribution is 6.31. The first-order valence-corrected chi connectivity index (χ1v) is 9.15. The standard InChI is InChI=1S/C20H23ClN4O/c1-12(26)6-4-7-15-10-18-19(22-11-15)20(24-14(3)23-18)25-17-9-5-8-16(21)13(17)2/h5,8-12,26H,4,6-7H2,1-3H3,(H,23,24,25)/t12-/m0/s1. The minimum Gasteiger partial charge on any atom is -0.393 e. The molecule has 0 bridgehead atoms. The zero-order valence-electron chi connectivity index (χ0n) is 15.3. The lowest BCUT2D eigenvalue weighted by atomic mass is 10.1. The van der Waals surface area contributed by atoms with E-state index in [2.05, 4.69) is 26.3 Å². The Morgan fingerprint density at radius 2 is 2.04 bits per heavy atom. The summed E-state index contributed by atoms with van der Waals surface area (Å²) in [6.07, 6.45) is 4.15. The van der Waals surface area contributed by atoms with Crippen LogP contribution in [0.3, 0.4) is 0 Å². The highest BCUT2D eigenvalue weighted by Crippen LogP contribution is 2.28. The second-order valence-corrected chi connectivity index (χ2v) is 7.02. The summed E-state index contributed by atoms with van der Waals surface area (Å²) < 4.78 is 0. The minimum absolute atomic E-state index is 0.273. The van der Waals surface area contributed by atoms with Gasteiger partial charge in [0, 0.05) is 16.9 Å². The first kappa shape index (κ1) is 18.5. The summed E-state index contributed by atoms with van der Waals surface area (Å²) >= 11 is 6.21. The fourth-order valence-electron chi connectivity index (χ4n) is 2.87. The van der Waals surface area contributed by atoms with Gasteiger partial charge in [0.2, 0.25) is 0 Å². The summed E-state index contributed by atoms with van der Waals surface area (Å²) in [5.41, 5.74) is 4.53. The normalized spacial score (nSPS) is 12.3. The van der Waals surface area contributed by atoms with Gasteiger partial charge < -0.3 is 10.4 Å². The van der Waals surface area contributed by atoms with Crippen LogP contribution in [0.1, 0.15) is 36.7 Å². The van der Waals surface area contributed by atoms with Crippen molar-refractivity contribution in [3.8, 4) is 0 Å². The number of hydrogen-bond donors (Lipinski definition) is 2. The van der Waals surface area contributed by atoms with Gasteiger partial charge in [0.1, 0.15) is 11.3 Å². The maximum atomic E-state index is 9.40. The molecule has 136 valence electrons. The topological polar surface area (TPSA) is 70.9 Å². The van der Waals surface area contributed by atoms with Crippen LogP contribution in [0.2, 0.25) is 5.02 Å². The highest BCUT2D eigenvalue weighted by Gasteiger charge is 2.11. The molecule has 2 N–H and O–H groups in total. The van der Waals surface area contributed by atoms with Gasteiger partial charge in [-0.1, -0.05) is 17.7 Å². The lowest BCUT2D eigenvalue weighted by Gasteiger charge is -2.12. The SMILES string of the molecule is Cc1nc(Nc2cccc(Cl)c2C)c2ncc(CCC[C@H](C)O)cc2n1. The van der Waals surface area contributed by atoms with E-state index in [1.807, 2.05) is 45.2 Å². The number of aliphatic hydroxyl groups is 1. The van der Waals surface area contributed by atoms with Gasteiger partial charge in [-0.3, -0.25) is 4.98 Å². The predicted octanol–water partition coefficient (Wildman–Crippen LogP) is 4.74. The lowest BCUT2D eigenvalue weighted by Crippen LogP contribution is -2.03. The number of halogens is 1. The van der Waals surface area contributed by atoms with E-state index < -0.39 is 0 Å². The fraction of sp³-hybridized carbons (Fsp3) is 0.350. The van der Waals surface area contributed by atoms with Crippen molar-refractivity contribution in [3.63, 3.8) is 0 Å². The summed E-state index contributed by atoms with van der Waals surface area (Å²) in [7, 11) is 0. The third-order valence-corrected chi connectivity index (χ3v) is 4.72. The van der Waals surface area contributed by atoms with E-state index in [0.29, 0.717) is 16.7 Å². The maximum absolute atomic E-state index is 9.40. The summed E-state index contributed by atoms with van der Waals surface area (Å²) in [5, 5.41) is 13.5. The summed E-state index contributed by atoms with van der Waals surface area (Å²) in [6, 6.07) is 7.79. The van der Waals surface area contributed by atoms with Crippen molar-refractivity contribution < 1.29 is 5.11 Å². The largest absolute Gasteiger partial charge is 0.393 e. The third-order valence-electron chi connectivity index (χ3n) is 4.31. The van der Waals surface area contributed by atoms with Crippen molar-refractivity contribution in [1.29, 1.82) is 0 Å². The maximum Gasteiger partial charge on any atom is 0.160 e. The number of fused-ring (bicyclic) bond motifs is 1. The number of pyridine rings is 1. The van der Waals surface area contributed by atoms with Crippen LogP contribution in [-0.4, -0.2) is 26.2 Å². The Hall–Kier alpha value is -2.24. The molecule has 0 saturated carbocycles. The smallest absolute Gasteiger partial charge is 0.160 e. The molecule has 26 heavy (non-hydrogen) atoms. The summed E-state index contributed by atoms with van der Waals surface area (Å²) in [5.74, 6) is 1.36. The van der Waals surface area contributed by atoms with Crippen molar-refractivity contribution >= 4 is 34.1 Å². The van der Waals surface area contributed by atoms with E-state index in [-0.39, 0.29) is 6.10 Å². The molecule has 0 aliphatic rings. The molecule has 1 atom stereocenters. The Kier molecular flexibility index (Phi) is 5.69. The second-order valence-electron chi connectivity index (χ2n) is 6.61. The number of benzene rings is 1. The van der Waals surface area contributed by atoms with Gasteiger partial charge in [-0.15, -0.1) is 0 Å². The molecule has 3 aromatic rings. The Bertz CT molecular complexity index is 927. The average molecular weight is 371 g/mol. The van der Waals surface area contributed by atoms with Crippen molar-refractivity contribution in [2.24, 2.45) is 0 Å². The monoisotopic (exact) mass is 370 g/mol. The van der Waals surface area contributed by atoms with Crippen molar-refractivity contribution in [3.05, 3.63) is 52.4 Å². The highest BCUT2D eigenvalue weighted by atomic mass is 35.5. The zero-order chi connectivity index (χ0) is 18.7. The molecule has 0 aliphatic heterocycles. The van der Waals surface area contributed by atoms with E-state index in [4.69, 9.17) is 11.6 Å². The number of anilines is 2. The third kappa shape index (κ3) is 4.29. The second kappa shape index (κ2) is 7.98. The molecular formula is C20H23ClN4O. The molecule has 3 rings (SSSR count). The molecule has 2 aromatic heterocycles. The number of hydrogen-bond acceptors (Lipinski definition) is 5. The van der Waals surface area contributed by atoms with Crippen LogP contribution >= 0.6 is 11.6 Å². The Balaban J connectivity index is 1.92. The van der Waals surface area contributed by atoms with E-state index in [1.54, 1.807) is 0 Å². The van der Waals surface area contributed by atoms with Crippen LogP contribution in [0, 0.1) is 13.8 Å². The number of aliphatic hydroxyl groups excluding tert-OH is 1. The van der Waals surface area contributed by atoms with E-state index in [9.17, 15) is 5.11 Å². The molecule has 0 radical (unpaired) electrons. The Labute approximate surface area is 158 Å². The molecule has 0 unspecified atom stereocenters. The first-order valence-electron chi connectivity index (χ1n) is 8.77. The van der Waals surface area contributed by atoms with Gasteiger partial charge in [0.15, 0.2) is 5.82 Å². The number of rotatable bonds is 6. The van der Waals surface area contributed by atoms with Crippen molar-refractivity contribution in [2.75, 3.05) is 5.32 Å². The zero-order valence-corrected chi connectivity index (χ0v) is 16.0. The number of nitrogens with one attached hydrogen (secondary N) is 1. The van der Waals surface area contributed by atoms with Crippen LogP contribution in [-0.2, 0) is 6.42 Å². The first-order chi connectivity index (χ1) is 12.4. The average Bonchev–Trinajstić information content (AvgIpc) is 2.58. The van der Waals surface area contributed by atoms with Crippen LogP contribution in [0.5, 0.6) is 0 Å². The predicted molar refractivity (Wildman–Crippen MR) is 106 cm³/mol. The van der Waals surface area contributed by atoms with Gasteiger partial charge in [-0.25, -0.2) is 9.97 Å².